The van der Waals surface area contributed by atoms with E-state index in [1.54, 1.807) is 22.5 Å². The van der Waals surface area contributed by atoms with Crippen LogP contribution in [-0.2, 0) is 13.3 Å². The first-order valence-electron chi connectivity index (χ1n) is 10.5. The Bertz CT molecular complexity index is 1350. The molecule has 0 unspecified atom stereocenters. The summed E-state index contributed by atoms with van der Waals surface area (Å²) in [6.07, 6.45) is 3.19. The molecule has 0 spiro atoms. The predicted octanol–water partition coefficient (Wildman–Crippen LogP) is 5.25. The summed E-state index contributed by atoms with van der Waals surface area (Å²) in [5.74, 6) is 0.822. The maximum absolute atomic E-state index is 13.1. The number of nitrogens with zero attached hydrogens (tertiary/aromatic N) is 5. The standard InChI is InChI=1S/C23H24Cl2N6O3/c1-12-6-18(7-13(2)20(12)25)33-11-31-15(4)21(14(3)28-31)27-23(32)22-19(16(5)34-29-22)10-30-9-17(24)8-26-30/h6-9H,10-11H2,1-5H3,(H,27,32). The van der Waals surface area contributed by atoms with Crippen molar-refractivity contribution in [3.05, 3.63) is 74.1 Å². The van der Waals surface area contributed by atoms with E-state index in [0.717, 1.165) is 21.8 Å². The summed E-state index contributed by atoms with van der Waals surface area (Å²) in [5.41, 5.74) is 4.66. The van der Waals surface area contributed by atoms with E-state index in [1.807, 2.05) is 39.8 Å². The molecule has 0 saturated heterocycles. The third-order valence-electron chi connectivity index (χ3n) is 5.51. The summed E-state index contributed by atoms with van der Waals surface area (Å²) >= 11 is 12.2. The molecule has 11 heteroatoms. The summed E-state index contributed by atoms with van der Waals surface area (Å²) in [7, 11) is 0. The van der Waals surface area contributed by atoms with Crippen LogP contribution in [0.1, 0.15) is 44.3 Å². The molecule has 0 saturated carbocycles. The first-order valence-corrected chi connectivity index (χ1v) is 11.3. The number of aryl methyl sites for hydroxylation is 4. The van der Waals surface area contributed by atoms with Gasteiger partial charge in [0.05, 0.1) is 34.8 Å². The lowest BCUT2D eigenvalue weighted by atomic mass is 10.1. The smallest absolute Gasteiger partial charge is 0.278 e. The number of aromatic nitrogens is 5. The molecule has 0 bridgehead atoms. The molecule has 3 heterocycles. The number of carbonyl (C=O) groups excluding carboxylic acids is 1. The number of ether oxygens (including phenoxy) is 1. The van der Waals surface area contributed by atoms with Crippen LogP contribution in [0.15, 0.2) is 29.0 Å². The van der Waals surface area contributed by atoms with Crippen LogP contribution in [0.2, 0.25) is 10.0 Å². The molecule has 3 aromatic heterocycles. The maximum Gasteiger partial charge on any atom is 0.278 e. The van der Waals surface area contributed by atoms with Crippen LogP contribution in [0.3, 0.4) is 0 Å². The molecule has 1 aromatic carbocycles. The van der Waals surface area contributed by atoms with E-state index in [2.05, 4.69) is 20.7 Å². The minimum atomic E-state index is -0.402. The van der Waals surface area contributed by atoms with Gasteiger partial charge < -0.3 is 14.6 Å². The lowest BCUT2D eigenvalue weighted by Crippen LogP contribution is -2.17. The van der Waals surface area contributed by atoms with Gasteiger partial charge in [-0.1, -0.05) is 28.4 Å². The van der Waals surface area contributed by atoms with Crippen molar-refractivity contribution in [3.8, 4) is 5.75 Å². The molecule has 178 valence electrons. The molecular weight excluding hydrogens is 479 g/mol. The van der Waals surface area contributed by atoms with Gasteiger partial charge in [0.15, 0.2) is 12.4 Å². The molecule has 0 aliphatic heterocycles. The predicted molar refractivity (Wildman–Crippen MR) is 129 cm³/mol. The fourth-order valence-electron chi connectivity index (χ4n) is 3.64. The van der Waals surface area contributed by atoms with Gasteiger partial charge in [-0.2, -0.15) is 10.2 Å². The van der Waals surface area contributed by atoms with E-state index in [9.17, 15) is 4.79 Å². The second-order valence-electron chi connectivity index (χ2n) is 8.07. The Morgan fingerprint density at radius 2 is 1.85 bits per heavy atom. The van der Waals surface area contributed by atoms with Crippen molar-refractivity contribution in [2.24, 2.45) is 0 Å². The number of rotatable bonds is 7. The molecule has 0 aliphatic rings. The van der Waals surface area contributed by atoms with Crippen molar-refractivity contribution >= 4 is 34.8 Å². The second-order valence-corrected chi connectivity index (χ2v) is 8.88. The quantitative estimate of drug-likeness (QED) is 0.370. The number of anilines is 1. The van der Waals surface area contributed by atoms with Crippen LogP contribution in [0.25, 0.3) is 0 Å². The Kier molecular flexibility index (Phi) is 6.67. The van der Waals surface area contributed by atoms with Crippen LogP contribution >= 0.6 is 23.2 Å². The van der Waals surface area contributed by atoms with Crippen molar-refractivity contribution in [2.75, 3.05) is 5.32 Å². The molecule has 4 aromatic rings. The largest absolute Gasteiger partial charge is 0.471 e. The van der Waals surface area contributed by atoms with Gasteiger partial charge in [0.1, 0.15) is 11.5 Å². The van der Waals surface area contributed by atoms with Crippen molar-refractivity contribution in [3.63, 3.8) is 0 Å². The van der Waals surface area contributed by atoms with Gasteiger partial charge in [-0.3, -0.25) is 9.48 Å². The zero-order valence-electron chi connectivity index (χ0n) is 19.4. The topological polar surface area (TPSA) is 100 Å². The summed E-state index contributed by atoms with van der Waals surface area (Å²) < 4.78 is 14.5. The van der Waals surface area contributed by atoms with Crippen LogP contribution < -0.4 is 10.1 Å². The first-order chi connectivity index (χ1) is 16.1. The van der Waals surface area contributed by atoms with Crippen LogP contribution in [0.5, 0.6) is 5.75 Å². The van der Waals surface area contributed by atoms with E-state index in [4.69, 9.17) is 32.5 Å². The number of hydrogen-bond donors (Lipinski definition) is 1. The SMILES string of the molecule is Cc1cc(OCn2nc(C)c(NC(=O)c3noc(C)c3Cn3cc(Cl)cn3)c2C)cc(C)c1Cl. The molecule has 4 rings (SSSR count). The van der Waals surface area contributed by atoms with Gasteiger partial charge in [0.25, 0.3) is 5.91 Å². The van der Waals surface area contributed by atoms with E-state index < -0.39 is 5.91 Å². The van der Waals surface area contributed by atoms with Gasteiger partial charge >= 0.3 is 0 Å². The molecule has 0 fully saturated rings. The zero-order chi connectivity index (χ0) is 24.6. The number of hydrogen-bond acceptors (Lipinski definition) is 6. The highest BCUT2D eigenvalue weighted by Gasteiger charge is 2.23. The second kappa shape index (κ2) is 9.52. The molecular formula is C23H24Cl2N6O3. The highest BCUT2D eigenvalue weighted by molar-refractivity contribution is 6.32. The van der Waals surface area contributed by atoms with Crippen LogP contribution in [-0.4, -0.2) is 30.6 Å². The molecule has 1 amide bonds. The van der Waals surface area contributed by atoms with Crippen LogP contribution in [0, 0.1) is 34.6 Å². The van der Waals surface area contributed by atoms with Gasteiger partial charge in [-0.25, -0.2) is 4.68 Å². The summed E-state index contributed by atoms with van der Waals surface area (Å²) in [6.45, 7) is 9.76. The Labute approximate surface area is 206 Å². The normalized spacial score (nSPS) is 11.1. The number of halogens is 2. The molecule has 0 radical (unpaired) electrons. The Hall–Kier alpha value is -3.30. The third kappa shape index (κ3) is 4.80. The van der Waals surface area contributed by atoms with Crippen molar-refractivity contribution in [1.82, 2.24) is 24.7 Å². The summed E-state index contributed by atoms with van der Waals surface area (Å²) in [4.78, 5) is 13.1. The Morgan fingerprint density at radius 3 is 2.50 bits per heavy atom. The Morgan fingerprint density at radius 1 is 1.15 bits per heavy atom. The molecule has 0 atom stereocenters. The zero-order valence-corrected chi connectivity index (χ0v) is 21.0. The number of carbonyl (C=O) groups is 1. The monoisotopic (exact) mass is 502 g/mol. The van der Waals surface area contributed by atoms with Crippen molar-refractivity contribution in [2.45, 2.75) is 47.9 Å². The van der Waals surface area contributed by atoms with Gasteiger partial charge in [0.2, 0.25) is 0 Å². The van der Waals surface area contributed by atoms with Crippen LogP contribution in [0.4, 0.5) is 5.69 Å². The molecule has 1 N–H and O–H groups in total. The fraction of sp³-hybridized carbons (Fsp3) is 0.304. The lowest BCUT2D eigenvalue weighted by Gasteiger charge is -2.11. The molecule has 34 heavy (non-hydrogen) atoms. The number of benzene rings is 1. The third-order valence-corrected chi connectivity index (χ3v) is 6.30. The average Bonchev–Trinajstić information content (AvgIpc) is 3.44. The molecule has 9 nitrogen and oxygen atoms in total. The van der Waals surface area contributed by atoms with E-state index in [-0.39, 0.29) is 12.4 Å². The minimum absolute atomic E-state index is 0.178. The van der Waals surface area contributed by atoms with E-state index in [1.165, 1.54) is 6.20 Å². The van der Waals surface area contributed by atoms with E-state index in [0.29, 0.717) is 40.0 Å². The highest BCUT2D eigenvalue weighted by Crippen LogP contribution is 2.27. The van der Waals surface area contributed by atoms with Crippen molar-refractivity contribution in [1.29, 1.82) is 0 Å². The highest BCUT2D eigenvalue weighted by atomic mass is 35.5. The lowest BCUT2D eigenvalue weighted by molar-refractivity contribution is 0.101. The first kappa shape index (κ1) is 23.8. The van der Waals surface area contributed by atoms with Gasteiger partial charge in [-0.05, 0) is 57.9 Å². The number of amides is 1. The average molecular weight is 503 g/mol. The maximum atomic E-state index is 13.1. The fourth-order valence-corrected chi connectivity index (χ4v) is 3.91. The number of nitrogens with one attached hydrogen (secondary N) is 1. The summed E-state index contributed by atoms with van der Waals surface area (Å²) in [6, 6.07) is 3.76. The van der Waals surface area contributed by atoms with Gasteiger partial charge in [0, 0.05) is 16.8 Å². The van der Waals surface area contributed by atoms with Gasteiger partial charge in [-0.15, -0.1) is 0 Å². The molecule has 0 aliphatic carbocycles. The Balaban J connectivity index is 1.50. The van der Waals surface area contributed by atoms with E-state index >= 15 is 0 Å². The summed E-state index contributed by atoms with van der Waals surface area (Å²) in [5, 5.41) is 16.8. The van der Waals surface area contributed by atoms with Crippen molar-refractivity contribution < 1.29 is 14.1 Å². The minimum Gasteiger partial charge on any atom is -0.471 e.